The number of carbonyl (C=O) groups is 1. The van der Waals surface area contributed by atoms with Crippen LogP contribution in [-0.4, -0.2) is 40.0 Å². The van der Waals surface area contributed by atoms with Crippen molar-refractivity contribution < 1.29 is 4.79 Å². The minimum absolute atomic E-state index is 0.159. The molecule has 0 fully saturated rings. The molecule has 11 heteroatoms. The Kier molecular flexibility index (Phi) is 4.28. The van der Waals surface area contributed by atoms with Crippen LogP contribution in [0.1, 0.15) is 0 Å². The molecule has 0 aliphatic heterocycles. The number of anilines is 1. The van der Waals surface area contributed by atoms with Crippen molar-refractivity contribution in [3.05, 3.63) is 58.2 Å². The number of hydrogen-bond acceptors (Lipinski definition) is 6. The number of carbonyl (C=O) groups excluding carboxylic acids is 1. The summed E-state index contributed by atoms with van der Waals surface area (Å²) in [6.45, 7) is -0.159. The van der Waals surface area contributed by atoms with Crippen molar-refractivity contribution in [3.63, 3.8) is 0 Å². The van der Waals surface area contributed by atoms with Crippen molar-refractivity contribution in [1.82, 2.24) is 34.1 Å². The third-order valence-electron chi connectivity index (χ3n) is 3.92. The molecular formula is C16H13BrN8O2. The first kappa shape index (κ1) is 17.1. The summed E-state index contributed by atoms with van der Waals surface area (Å²) in [6.07, 6.45) is 4.37. The first-order valence-electron chi connectivity index (χ1n) is 7.85. The van der Waals surface area contributed by atoms with Crippen LogP contribution in [-0.2, 0) is 18.4 Å². The molecule has 0 radical (unpaired) electrons. The third kappa shape index (κ3) is 3.24. The Morgan fingerprint density at radius 2 is 2.00 bits per heavy atom. The van der Waals surface area contributed by atoms with Gasteiger partial charge in [0.05, 0.1) is 5.69 Å². The average Bonchev–Trinajstić information content (AvgIpc) is 3.27. The molecule has 0 saturated heterocycles. The van der Waals surface area contributed by atoms with Crippen LogP contribution >= 0.6 is 15.9 Å². The molecule has 1 N–H and O–H groups in total. The van der Waals surface area contributed by atoms with E-state index in [4.69, 9.17) is 0 Å². The zero-order chi connectivity index (χ0) is 19.0. The highest BCUT2D eigenvalue weighted by atomic mass is 79.9. The van der Waals surface area contributed by atoms with Crippen LogP contribution < -0.4 is 10.9 Å². The Morgan fingerprint density at radius 3 is 2.70 bits per heavy atom. The summed E-state index contributed by atoms with van der Waals surface area (Å²) in [4.78, 5) is 33.0. The fourth-order valence-electron chi connectivity index (χ4n) is 2.64. The van der Waals surface area contributed by atoms with Crippen molar-refractivity contribution in [2.75, 3.05) is 5.32 Å². The summed E-state index contributed by atoms with van der Waals surface area (Å²) in [5.41, 5.74) is 1.54. The predicted molar refractivity (Wildman–Crippen MR) is 100 cm³/mol. The summed E-state index contributed by atoms with van der Waals surface area (Å²) in [7, 11) is 1.69. The lowest BCUT2D eigenvalue weighted by molar-refractivity contribution is -0.116. The Bertz CT molecular complexity index is 1180. The molecule has 0 saturated carbocycles. The number of aromatic nitrogens is 7. The van der Waals surface area contributed by atoms with Crippen LogP contribution in [0.3, 0.4) is 0 Å². The Labute approximate surface area is 160 Å². The predicted octanol–water partition coefficient (Wildman–Crippen LogP) is 1.11. The molecule has 4 rings (SSSR count). The number of benzene rings is 1. The van der Waals surface area contributed by atoms with E-state index in [0.717, 1.165) is 5.69 Å². The molecule has 0 aliphatic carbocycles. The van der Waals surface area contributed by atoms with Crippen molar-refractivity contribution in [1.29, 1.82) is 0 Å². The van der Waals surface area contributed by atoms with Crippen molar-refractivity contribution in [2.45, 2.75) is 6.54 Å². The lowest BCUT2D eigenvalue weighted by Crippen LogP contribution is -2.28. The number of amides is 1. The molecule has 0 unspecified atom stereocenters. The summed E-state index contributed by atoms with van der Waals surface area (Å²) in [6, 6.07) is 7.10. The van der Waals surface area contributed by atoms with Gasteiger partial charge in [0.25, 0.3) is 5.56 Å². The van der Waals surface area contributed by atoms with Gasteiger partial charge in [0.1, 0.15) is 35.5 Å². The molecule has 1 aromatic carbocycles. The smallest absolute Gasteiger partial charge is 0.266 e. The van der Waals surface area contributed by atoms with Crippen molar-refractivity contribution >= 4 is 38.6 Å². The molecule has 0 spiro atoms. The largest absolute Gasteiger partial charge is 0.325 e. The third-order valence-corrected chi connectivity index (χ3v) is 4.47. The number of nitrogens with one attached hydrogen (secondary N) is 1. The number of fused-ring (bicyclic) bond motifs is 1. The number of halogens is 1. The van der Waals surface area contributed by atoms with E-state index in [9.17, 15) is 9.59 Å². The standard InChI is InChI=1S/C16H13BrN8O2/c1-23-15-13(14(17)22-23)16(27)24(9-19-15)6-12(26)21-10-2-4-11(5-3-10)25-8-18-7-20-25/h2-5,7-9H,6H2,1H3,(H,21,26). The van der Waals surface area contributed by atoms with Gasteiger partial charge >= 0.3 is 0 Å². The fraction of sp³-hybridized carbons (Fsp3) is 0.125. The van der Waals surface area contributed by atoms with E-state index in [0.29, 0.717) is 21.3 Å². The van der Waals surface area contributed by atoms with Crippen LogP contribution in [0.25, 0.3) is 16.7 Å². The molecule has 27 heavy (non-hydrogen) atoms. The molecule has 0 atom stereocenters. The first-order valence-corrected chi connectivity index (χ1v) is 8.65. The molecule has 136 valence electrons. The topological polar surface area (TPSA) is 113 Å². The quantitative estimate of drug-likeness (QED) is 0.520. The van der Waals surface area contributed by atoms with Gasteiger partial charge in [0, 0.05) is 12.7 Å². The summed E-state index contributed by atoms with van der Waals surface area (Å²) in [5.74, 6) is -0.341. The Balaban J connectivity index is 1.51. The molecule has 10 nitrogen and oxygen atoms in total. The van der Waals surface area contributed by atoms with Gasteiger partial charge in [-0.3, -0.25) is 14.2 Å². The number of nitrogens with zero attached hydrogens (tertiary/aromatic N) is 7. The van der Waals surface area contributed by atoms with Crippen molar-refractivity contribution in [2.24, 2.45) is 7.05 Å². The lowest BCUT2D eigenvalue weighted by Gasteiger charge is -2.08. The highest BCUT2D eigenvalue weighted by Crippen LogP contribution is 2.17. The van der Waals surface area contributed by atoms with E-state index in [-0.39, 0.29) is 18.0 Å². The molecule has 3 aromatic heterocycles. The van der Waals surface area contributed by atoms with Gasteiger partial charge in [0.15, 0.2) is 5.65 Å². The minimum atomic E-state index is -0.341. The van der Waals surface area contributed by atoms with Crippen LogP contribution in [0.2, 0.25) is 0 Å². The number of aryl methyl sites for hydroxylation is 1. The van der Waals surface area contributed by atoms with Crippen LogP contribution in [0, 0.1) is 0 Å². The lowest BCUT2D eigenvalue weighted by atomic mass is 10.3. The van der Waals surface area contributed by atoms with Gasteiger partial charge in [-0.15, -0.1) is 0 Å². The Morgan fingerprint density at radius 1 is 1.22 bits per heavy atom. The Hall–Kier alpha value is -3.34. The molecular weight excluding hydrogens is 416 g/mol. The molecule has 0 bridgehead atoms. The van der Waals surface area contributed by atoms with E-state index in [1.165, 1.54) is 21.9 Å². The molecule has 1 amide bonds. The van der Waals surface area contributed by atoms with E-state index < -0.39 is 0 Å². The summed E-state index contributed by atoms with van der Waals surface area (Å²) >= 11 is 3.25. The van der Waals surface area contributed by atoms with Gasteiger partial charge in [-0.25, -0.2) is 19.3 Å². The monoisotopic (exact) mass is 428 g/mol. The molecule has 3 heterocycles. The van der Waals surface area contributed by atoms with Crippen LogP contribution in [0.5, 0.6) is 0 Å². The second-order valence-corrected chi connectivity index (χ2v) is 6.48. The maximum Gasteiger partial charge on any atom is 0.266 e. The van der Waals surface area contributed by atoms with E-state index >= 15 is 0 Å². The van der Waals surface area contributed by atoms with Crippen molar-refractivity contribution in [3.8, 4) is 5.69 Å². The maximum absolute atomic E-state index is 12.6. The molecule has 0 aliphatic rings. The summed E-state index contributed by atoms with van der Waals surface area (Å²) in [5, 5.41) is 11.2. The second-order valence-electron chi connectivity index (χ2n) is 5.73. The van der Waals surface area contributed by atoms with Crippen LogP contribution in [0.15, 0.2) is 52.6 Å². The zero-order valence-electron chi connectivity index (χ0n) is 14.1. The van der Waals surface area contributed by atoms with Gasteiger partial charge in [-0.2, -0.15) is 10.2 Å². The van der Waals surface area contributed by atoms with Gasteiger partial charge in [0.2, 0.25) is 5.91 Å². The zero-order valence-corrected chi connectivity index (χ0v) is 15.7. The van der Waals surface area contributed by atoms with E-state index in [2.05, 4.69) is 41.4 Å². The van der Waals surface area contributed by atoms with Gasteiger partial charge in [-0.05, 0) is 40.2 Å². The normalized spacial score (nSPS) is 11.0. The van der Waals surface area contributed by atoms with Gasteiger partial charge in [-0.1, -0.05) is 0 Å². The highest BCUT2D eigenvalue weighted by Gasteiger charge is 2.15. The highest BCUT2D eigenvalue weighted by molar-refractivity contribution is 9.10. The molecule has 4 aromatic rings. The van der Waals surface area contributed by atoms with E-state index in [1.807, 2.05) is 0 Å². The maximum atomic E-state index is 12.6. The fourth-order valence-corrected chi connectivity index (χ4v) is 3.23. The SMILES string of the molecule is Cn1nc(Br)c2c(=O)n(CC(=O)Nc3ccc(-n4cncn4)cc3)cnc21. The number of rotatable bonds is 4. The average molecular weight is 429 g/mol. The number of hydrogen-bond donors (Lipinski definition) is 1. The minimum Gasteiger partial charge on any atom is -0.325 e. The van der Waals surface area contributed by atoms with E-state index in [1.54, 1.807) is 42.3 Å². The second kappa shape index (κ2) is 6.76. The first-order chi connectivity index (χ1) is 13.0. The summed E-state index contributed by atoms with van der Waals surface area (Å²) < 4.78 is 4.75. The van der Waals surface area contributed by atoms with Crippen LogP contribution in [0.4, 0.5) is 5.69 Å². The van der Waals surface area contributed by atoms with Gasteiger partial charge < -0.3 is 5.32 Å².